The molecule has 3 rings (SSSR count). The standard InChI is InChI=1S/C15H20N2OS2/c18-7-4-14-3-1-2-6-17(14)9-13-11-20-15(16-13)12-5-8-19-10-12/h5,8,10-11,14,18H,1-4,6-7,9H2. The lowest BCUT2D eigenvalue weighted by Crippen LogP contribution is -2.39. The van der Waals surface area contributed by atoms with Gasteiger partial charge in [0.25, 0.3) is 0 Å². The number of aromatic nitrogens is 1. The van der Waals surface area contributed by atoms with Crippen LogP contribution in [0.1, 0.15) is 31.4 Å². The zero-order valence-electron chi connectivity index (χ0n) is 11.5. The Morgan fingerprint density at radius 2 is 2.30 bits per heavy atom. The summed E-state index contributed by atoms with van der Waals surface area (Å²) < 4.78 is 0. The van der Waals surface area contributed by atoms with E-state index < -0.39 is 0 Å². The Morgan fingerprint density at radius 1 is 1.35 bits per heavy atom. The number of aliphatic hydroxyl groups is 1. The van der Waals surface area contributed by atoms with Gasteiger partial charge in [0.15, 0.2) is 0 Å². The number of thiophene rings is 1. The number of hydrogen-bond donors (Lipinski definition) is 1. The minimum atomic E-state index is 0.290. The molecular weight excluding hydrogens is 288 g/mol. The number of hydrogen-bond acceptors (Lipinski definition) is 5. The van der Waals surface area contributed by atoms with Gasteiger partial charge in [-0.15, -0.1) is 11.3 Å². The Morgan fingerprint density at radius 3 is 3.10 bits per heavy atom. The van der Waals surface area contributed by atoms with Gasteiger partial charge in [-0.25, -0.2) is 4.98 Å². The van der Waals surface area contributed by atoms with Crippen molar-refractivity contribution in [3.8, 4) is 10.6 Å². The second-order valence-electron chi connectivity index (χ2n) is 5.29. The van der Waals surface area contributed by atoms with Crippen LogP contribution in [0.2, 0.25) is 0 Å². The topological polar surface area (TPSA) is 36.4 Å². The molecule has 0 radical (unpaired) electrons. The summed E-state index contributed by atoms with van der Waals surface area (Å²) in [6.45, 7) is 2.35. The van der Waals surface area contributed by atoms with Gasteiger partial charge < -0.3 is 5.11 Å². The van der Waals surface area contributed by atoms with Gasteiger partial charge in [-0.3, -0.25) is 4.90 Å². The molecule has 108 valence electrons. The molecule has 1 fully saturated rings. The first-order valence-electron chi connectivity index (χ1n) is 7.18. The van der Waals surface area contributed by atoms with Gasteiger partial charge in [0.1, 0.15) is 5.01 Å². The van der Waals surface area contributed by atoms with Gasteiger partial charge in [-0.1, -0.05) is 6.42 Å². The van der Waals surface area contributed by atoms with Gasteiger partial charge >= 0.3 is 0 Å². The number of piperidine rings is 1. The molecule has 0 amide bonds. The van der Waals surface area contributed by atoms with Crippen molar-refractivity contribution in [2.75, 3.05) is 13.2 Å². The molecule has 3 heterocycles. The van der Waals surface area contributed by atoms with Gasteiger partial charge in [-0.2, -0.15) is 11.3 Å². The average Bonchev–Trinajstić information content (AvgIpc) is 3.12. The van der Waals surface area contributed by atoms with Gasteiger partial charge in [-0.05, 0) is 37.3 Å². The fourth-order valence-electron chi connectivity index (χ4n) is 2.85. The molecule has 0 spiro atoms. The molecule has 5 heteroatoms. The van der Waals surface area contributed by atoms with Crippen LogP contribution in [-0.4, -0.2) is 34.2 Å². The van der Waals surface area contributed by atoms with Crippen LogP contribution in [0.4, 0.5) is 0 Å². The normalized spacial score (nSPS) is 20.4. The first kappa shape index (κ1) is 14.2. The smallest absolute Gasteiger partial charge is 0.124 e. The predicted octanol–water partition coefficient (Wildman–Crippen LogP) is 3.61. The SMILES string of the molecule is OCCC1CCCCN1Cc1csc(-c2ccsc2)n1. The van der Waals surface area contributed by atoms with Crippen molar-refractivity contribution in [3.05, 3.63) is 27.9 Å². The quantitative estimate of drug-likeness (QED) is 0.916. The lowest BCUT2D eigenvalue weighted by Gasteiger charge is -2.34. The maximum absolute atomic E-state index is 9.19. The van der Waals surface area contributed by atoms with Crippen LogP contribution in [0.25, 0.3) is 10.6 Å². The van der Waals surface area contributed by atoms with Crippen molar-refractivity contribution in [3.63, 3.8) is 0 Å². The van der Waals surface area contributed by atoms with Crippen molar-refractivity contribution in [2.45, 2.75) is 38.3 Å². The van der Waals surface area contributed by atoms with E-state index in [2.05, 4.69) is 27.1 Å². The summed E-state index contributed by atoms with van der Waals surface area (Å²) in [4.78, 5) is 7.25. The fraction of sp³-hybridized carbons (Fsp3) is 0.533. The second kappa shape index (κ2) is 6.80. The third kappa shape index (κ3) is 3.28. The molecule has 2 aromatic heterocycles. The molecule has 2 aromatic rings. The average molecular weight is 308 g/mol. The van der Waals surface area contributed by atoms with E-state index in [-0.39, 0.29) is 0 Å². The lowest BCUT2D eigenvalue weighted by molar-refractivity contribution is 0.111. The zero-order chi connectivity index (χ0) is 13.8. The van der Waals surface area contributed by atoms with Crippen molar-refractivity contribution < 1.29 is 5.11 Å². The van der Waals surface area contributed by atoms with Crippen LogP contribution in [0, 0.1) is 0 Å². The first-order chi connectivity index (χ1) is 9.86. The molecule has 3 nitrogen and oxygen atoms in total. The summed E-state index contributed by atoms with van der Waals surface area (Å²) in [5, 5.41) is 16.7. The van der Waals surface area contributed by atoms with Crippen LogP contribution in [0.15, 0.2) is 22.2 Å². The summed E-state index contributed by atoms with van der Waals surface area (Å²) in [6.07, 6.45) is 4.66. The van der Waals surface area contributed by atoms with Crippen molar-refractivity contribution in [2.24, 2.45) is 0 Å². The second-order valence-corrected chi connectivity index (χ2v) is 6.93. The highest BCUT2D eigenvalue weighted by atomic mass is 32.1. The zero-order valence-corrected chi connectivity index (χ0v) is 13.1. The Hall–Kier alpha value is -0.750. The molecule has 1 atom stereocenters. The molecule has 20 heavy (non-hydrogen) atoms. The summed E-state index contributed by atoms with van der Waals surface area (Å²) >= 11 is 3.44. The molecule has 1 aliphatic heterocycles. The van der Waals surface area contributed by atoms with Crippen molar-refractivity contribution >= 4 is 22.7 Å². The third-order valence-electron chi connectivity index (χ3n) is 3.90. The maximum atomic E-state index is 9.19. The highest BCUT2D eigenvalue weighted by Crippen LogP contribution is 2.27. The predicted molar refractivity (Wildman–Crippen MR) is 85.2 cm³/mol. The van der Waals surface area contributed by atoms with Crippen LogP contribution < -0.4 is 0 Å². The van der Waals surface area contributed by atoms with E-state index in [4.69, 9.17) is 4.98 Å². The highest BCUT2D eigenvalue weighted by molar-refractivity contribution is 7.14. The Labute approximate surface area is 127 Å². The van der Waals surface area contributed by atoms with Gasteiger partial charge in [0.2, 0.25) is 0 Å². The third-order valence-corrected chi connectivity index (χ3v) is 5.52. The molecule has 1 aliphatic rings. The van der Waals surface area contributed by atoms with E-state index >= 15 is 0 Å². The van der Waals surface area contributed by atoms with Crippen LogP contribution in [-0.2, 0) is 6.54 Å². The van der Waals surface area contributed by atoms with E-state index in [0.29, 0.717) is 12.6 Å². The summed E-state index contributed by atoms with van der Waals surface area (Å²) in [5.41, 5.74) is 2.40. The molecule has 0 bridgehead atoms. The minimum Gasteiger partial charge on any atom is -0.396 e. The van der Waals surface area contributed by atoms with Gasteiger partial charge in [0.05, 0.1) is 5.69 Å². The monoisotopic (exact) mass is 308 g/mol. The largest absolute Gasteiger partial charge is 0.396 e. The molecule has 0 saturated carbocycles. The number of rotatable bonds is 5. The Bertz CT molecular complexity index is 522. The number of aliphatic hydroxyl groups excluding tert-OH is 1. The Balaban J connectivity index is 1.67. The van der Waals surface area contributed by atoms with E-state index in [1.54, 1.807) is 22.7 Å². The number of nitrogens with zero attached hydrogens (tertiary/aromatic N) is 2. The number of likely N-dealkylation sites (tertiary alicyclic amines) is 1. The summed E-state index contributed by atoms with van der Waals surface area (Å²) in [5.74, 6) is 0. The number of thiazole rings is 1. The summed E-state index contributed by atoms with van der Waals surface area (Å²) in [7, 11) is 0. The van der Waals surface area contributed by atoms with Crippen molar-refractivity contribution in [1.82, 2.24) is 9.88 Å². The van der Waals surface area contributed by atoms with E-state index in [1.165, 1.54) is 30.5 Å². The molecule has 1 saturated heterocycles. The first-order valence-corrected chi connectivity index (χ1v) is 9.01. The molecular formula is C15H20N2OS2. The maximum Gasteiger partial charge on any atom is 0.124 e. The summed E-state index contributed by atoms with van der Waals surface area (Å²) in [6, 6.07) is 2.66. The lowest BCUT2D eigenvalue weighted by atomic mass is 9.99. The van der Waals surface area contributed by atoms with E-state index in [0.717, 1.165) is 24.5 Å². The van der Waals surface area contributed by atoms with Gasteiger partial charge in [0, 0.05) is 35.5 Å². The van der Waals surface area contributed by atoms with E-state index in [9.17, 15) is 5.11 Å². The fourth-order valence-corrected chi connectivity index (χ4v) is 4.37. The van der Waals surface area contributed by atoms with Crippen LogP contribution in [0.5, 0.6) is 0 Å². The molecule has 0 aliphatic carbocycles. The van der Waals surface area contributed by atoms with Crippen molar-refractivity contribution in [1.29, 1.82) is 0 Å². The van der Waals surface area contributed by atoms with E-state index in [1.807, 2.05) is 0 Å². The Kier molecular flexibility index (Phi) is 4.83. The molecule has 0 aromatic carbocycles. The van der Waals surface area contributed by atoms with Crippen LogP contribution in [0.3, 0.4) is 0 Å². The molecule has 1 unspecified atom stereocenters. The highest BCUT2D eigenvalue weighted by Gasteiger charge is 2.22. The van der Waals surface area contributed by atoms with Crippen LogP contribution >= 0.6 is 22.7 Å². The molecule has 1 N–H and O–H groups in total. The minimum absolute atomic E-state index is 0.290.